The molecule has 2 unspecified atom stereocenters. The van der Waals surface area contributed by atoms with Crippen LogP contribution in [0.15, 0.2) is 0 Å². The smallest absolute Gasteiger partial charge is 0.0643 e. The molecule has 2 fully saturated rings. The molecule has 12 heavy (non-hydrogen) atoms. The predicted octanol–water partition coefficient (Wildman–Crippen LogP) is 0.400. The van der Waals surface area contributed by atoms with E-state index in [1.165, 1.54) is 6.42 Å². The lowest BCUT2D eigenvalue weighted by molar-refractivity contribution is -0.0124. The number of nitrogens with one attached hydrogen (secondary N) is 1. The summed E-state index contributed by atoms with van der Waals surface area (Å²) in [4.78, 5) is 0. The molecule has 0 saturated carbocycles. The van der Waals surface area contributed by atoms with E-state index < -0.39 is 0 Å². The van der Waals surface area contributed by atoms with Crippen LogP contribution in [0.2, 0.25) is 0 Å². The van der Waals surface area contributed by atoms with Crippen molar-refractivity contribution in [1.82, 2.24) is 5.32 Å². The monoisotopic (exact) mass is 171 g/mol. The van der Waals surface area contributed by atoms with Crippen molar-refractivity contribution >= 4 is 0 Å². The van der Waals surface area contributed by atoms with E-state index in [4.69, 9.17) is 9.47 Å². The molecule has 2 aliphatic heterocycles. The molecule has 2 rings (SSSR count). The highest BCUT2D eigenvalue weighted by atomic mass is 16.5. The molecule has 2 heterocycles. The van der Waals surface area contributed by atoms with Crippen LogP contribution in [0, 0.1) is 5.92 Å². The minimum atomic E-state index is 0.585. The molecular weight excluding hydrogens is 154 g/mol. The summed E-state index contributed by atoms with van der Waals surface area (Å²) in [7, 11) is 0. The Morgan fingerprint density at radius 3 is 2.58 bits per heavy atom. The van der Waals surface area contributed by atoms with Crippen LogP contribution < -0.4 is 5.32 Å². The highest BCUT2D eigenvalue weighted by Crippen LogP contribution is 2.17. The fourth-order valence-corrected chi connectivity index (χ4v) is 1.79. The Hall–Kier alpha value is -0.120. The second-order valence-electron chi connectivity index (χ2n) is 3.81. The van der Waals surface area contributed by atoms with Gasteiger partial charge in [-0.15, -0.1) is 0 Å². The molecule has 0 radical (unpaired) electrons. The Bertz CT molecular complexity index is 141. The van der Waals surface area contributed by atoms with Crippen LogP contribution in [0.3, 0.4) is 0 Å². The first-order valence-corrected chi connectivity index (χ1v) is 4.78. The van der Waals surface area contributed by atoms with Crippen molar-refractivity contribution in [1.29, 1.82) is 0 Å². The fourth-order valence-electron chi connectivity index (χ4n) is 1.79. The minimum absolute atomic E-state index is 0.585. The number of rotatable bonds is 3. The van der Waals surface area contributed by atoms with Gasteiger partial charge in [-0.1, -0.05) is 0 Å². The van der Waals surface area contributed by atoms with Gasteiger partial charge in [0.05, 0.1) is 25.9 Å². The van der Waals surface area contributed by atoms with Gasteiger partial charge in [-0.3, -0.25) is 0 Å². The van der Waals surface area contributed by atoms with E-state index in [9.17, 15) is 0 Å². The molecule has 3 heteroatoms. The summed E-state index contributed by atoms with van der Waals surface area (Å²) < 4.78 is 10.4. The van der Waals surface area contributed by atoms with Gasteiger partial charge in [0, 0.05) is 12.6 Å². The third kappa shape index (κ3) is 1.79. The zero-order chi connectivity index (χ0) is 8.39. The Kier molecular flexibility index (Phi) is 2.63. The van der Waals surface area contributed by atoms with Crippen molar-refractivity contribution in [3.63, 3.8) is 0 Å². The highest BCUT2D eigenvalue weighted by molar-refractivity contribution is 4.82. The molecule has 2 atom stereocenters. The molecule has 0 aromatic heterocycles. The zero-order valence-corrected chi connectivity index (χ0v) is 7.58. The van der Waals surface area contributed by atoms with Gasteiger partial charge < -0.3 is 14.8 Å². The van der Waals surface area contributed by atoms with Gasteiger partial charge in [0.25, 0.3) is 0 Å². The molecule has 0 aromatic carbocycles. The fraction of sp³-hybridized carbons (Fsp3) is 1.00. The number of hydrogen-bond acceptors (Lipinski definition) is 3. The van der Waals surface area contributed by atoms with Gasteiger partial charge in [0.15, 0.2) is 0 Å². The largest absolute Gasteiger partial charge is 0.381 e. The molecule has 0 aromatic rings. The number of ether oxygens (including phenoxy) is 2. The second-order valence-corrected chi connectivity index (χ2v) is 3.81. The molecule has 70 valence electrons. The first kappa shape index (κ1) is 8.48. The van der Waals surface area contributed by atoms with Crippen LogP contribution in [-0.4, -0.2) is 38.5 Å². The predicted molar refractivity (Wildman–Crippen MR) is 46.1 cm³/mol. The van der Waals surface area contributed by atoms with Crippen molar-refractivity contribution in [2.24, 2.45) is 5.92 Å². The molecule has 3 nitrogen and oxygen atoms in total. The van der Waals surface area contributed by atoms with Gasteiger partial charge in [-0.05, 0) is 19.3 Å². The van der Waals surface area contributed by atoms with Crippen molar-refractivity contribution in [2.45, 2.75) is 25.4 Å². The zero-order valence-electron chi connectivity index (χ0n) is 7.58. The third-order valence-electron chi connectivity index (χ3n) is 2.81. The summed E-state index contributed by atoms with van der Waals surface area (Å²) in [5, 5.41) is 3.55. The third-order valence-corrected chi connectivity index (χ3v) is 2.81. The average Bonchev–Trinajstić information content (AvgIpc) is 2.47. The Morgan fingerprint density at radius 2 is 2.08 bits per heavy atom. The van der Waals surface area contributed by atoms with Crippen molar-refractivity contribution in [3.8, 4) is 0 Å². The lowest BCUT2D eigenvalue weighted by atomic mass is 9.99. The summed E-state index contributed by atoms with van der Waals surface area (Å²) in [6.45, 7) is 5.90. The topological polar surface area (TPSA) is 30.5 Å². The Labute approximate surface area is 73.4 Å². The van der Waals surface area contributed by atoms with Crippen molar-refractivity contribution in [3.05, 3.63) is 0 Å². The summed E-state index contributed by atoms with van der Waals surface area (Å²) in [6, 6.07) is 1.18. The van der Waals surface area contributed by atoms with Crippen LogP contribution in [0.4, 0.5) is 0 Å². The van der Waals surface area contributed by atoms with Crippen molar-refractivity contribution < 1.29 is 9.47 Å². The first-order chi connectivity index (χ1) is 5.86. The van der Waals surface area contributed by atoms with E-state index >= 15 is 0 Å². The van der Waals surface area contributed by atoms with Crippen LogP contribution in [0.25, 0.3) is 0 Å². The first-order valence-electron chi connectivity index (χ1n) is 4.78. The molecular formula is C9H17NO2. The summed E-state index contributed by atoms with van der Waals surface area (Å²) in [5.41, 5.74) is 0. The Balaban J connectivity index is 1.71. The lowest BCUT2D eigenvalue weighted by Gasteiger charge is -2.32. The van der Waals surface area contributed by atoms with E-state index in [1.807, 2.05) is 0 Å². The SMILES string of the molecule is CC(NC1COC1)C1CCOC1. The summed E-state index contributed by atoms with van der Waals surface area (Å²) >= 11 is 0. The highest BCUT2D eigenvalue weighted by Gasteiger charge is 2.26. The van der Waals surface area contributed by atoms with Crippen LogP contribution in [-0.2, 0) is 9.47 Å². The molecule has 2 aliphatic rings. The minimum Gasteiger partial charge on any atom is -0.381 e. The van der Waals surface area contributed by atoms with Gasteiger partial charge in [-0.2, -0.15) is 0 Å². The summed E-state index contributed by atoms with van der Waals surface area (Å²) in [6.07, 6.45) is 1.21. The van der Waals surface area contributed by atoms with E-state index in [-0.39, 0.29) is 0 Å². The van der Waals surface area contributed by atoms with E-state index in [0.717, 1.165) is 26.4 Å². The molecule has 1 N–H and O–H groups in total. The van der Waals surface area contributed by atoms with E-state index in [0.29, 0.717) is 18.0 Å². The average molecular weight is 171 g/mol. The quantitative estimate of drug-likeness (QED) is 0.666. The van der Waals surface area contributed by atoms with E-state index in [1.54, 1.807) is 0 Å². The molecule has 0 bridgehead atoms. The van der Waals surface area contributed by atoms with Gasteiger partial charge in [0.1, 0.15) is 0 Å². The number of hydrogen-bond donors (Lipinski definition) is 1. The van der Waals surface area contributed by atoms with Crippen LogP contribution >= 0.6 is 0 Å². The van der Waals surface area contributed by atoms with Crippen LogP contribution in [0.1, 0.15) is 13.3 Å². The lowest BCUT2D eigenvalue weighted by Crippen LogP contribution is -2.51. The van der Waals surface area contributed by atoms with Gasteiger partial charge in [-0.25, -0.2) is 0 Å². The van der Waals surface area contributed by atoms with Crippen LogP contribution in [0.5, 0.6) is 0 Å². The Morgan fingerprint density at radius 1 is 1.25 bits per heavy atom. The van der Waals surface area contributed by atoms with Gasteiger partial charge >= 0.3 is 0 Å². The maximum Gasteiger partial charge on any atom is 0.0643 e. The van der Waals surface area contributed by atoms with Gasteiger partial charge in [0.2, 0.25) is 0 Å². The standard InChI is InChI=1S/C9H17NO2/c1-7(8-2-3-11-4-8)10-9-5-12-6-9/h7-10H,2-6H2,1H3. The van der Waals surface area contributed by atoms with Crippen molar-refractivity contribution in [2.75, 3.05) is 26.4 Å². The van der Waals surface area contributed by atoms with E-state index in [2.05, 4.69) is 12.2 Å². The summed E-state index contributed by atoms with van der Waals surface area (Å²) in [5.74, 6) is 0.714. The second kappa shape index (κ2) is 3.73. The maximum atomic E-state index is 5.34. The maximum absolute atomic E-state index is 5.34. The molecule has 0 aliphatic carbocycles. The molecule has 0 spiro atoms. The molecule has 0 amide bonds. The molecule has 2 saturated heterocycles. The normalized spacial score (nSPS) is 33.2.